The summed E-state index contributed by atoms with van der Waals surface area (Å²) in [5.74, 6) is -2.06. The third-order valence-electron chi connectivity index (χ3n) is 9.96. The molecule has 0 spiro atoms. The maximum absolute atomic E-state index is 13.3. The number of nitrogens with zero attached hydrogens (tertiary/aromatic N) is 5. The second-order valence-electron chi connectivity index (χ2n) is 13.4. The normalized spacial score (nSPS) is 23.2. The molecule has 6 atom stereocenters. The van der Waals surface area contributed by atoms with Crippen LogP contribution in [0.3, 0.4) is 0 Å². The number of aromatic nitrogens is 4. The molecule has 2 unspecified atom stereocenters. The smallest absolute Gasteiger partial charge is 0.448 e. The molecule has 0 aliphatic carbocycles. The number of carbonyl (C=O) groups is 1. The van der Waals surface area contributed by atoms with Gasteiger partial charge in [0.2, 0.25) is 5.95 Å². The highest BCUT2D eigenvalue weighted by molar-refractivity contribution is 5.84. The van der Waals surface area contributed by atoms with Crippen molar-refractivity contribution in [3.05, 3.63) is 114 Å². The highest BCUT2D eigenvalue weighted by atomic mass is 19.4. The number of anilines is 2. The molecule has 4 heterocycles. The number of nitrogens with one attached hydrogen (secondary N) is 1. The first-order valence-corrected chi connectivity index (χ1v) is 17.3. The molecule has 7 rings (SSSR count). The molecule has 4 N–H and O–H groups in total. The number of aliphatic hydroxyl groups is 3. The van der Waals surface area contributed by atoms with Gasteiger partial charge in [0.25, 0.3) is 0 Å². The van der Waals surface area contributed by atoms with Gasteiger partial charge in [-0.05, 0) is 29.0 Å². The molecule has 0 amide bonds. The molecule has 2 aliphatic heterocycles. The van der Waals surface area contributed by atoms with Crippen LogP contribution in [0.4, 0.5) is 24.9 Å². The summed E-state index contributed by atoms with van der Waals surface area (Å²) >= 11 is 0. The maximum Gasteiger partial charge on any atom is 0.490 e. The van der Waals surface area contributed by atoms with E-state index < -0.39 is 43.3 Å². The largest absolute Gasteiger partial charge is 0.490 e. The van der Waals surface area contributed by atoms with Gasteiger partial charge in [0.1, 0.15) is 12.2 Å². The van der Waals surface area contributed by atoms with Crippen LogP contribution in [-0.4, -0.2) is 98.1 Å². The lowest BCUT2D eigenvalue weighted by Crippen LogP contribution is -2.40. The number of fused-ring (bicyclic) bond motifs is 1. The van der Waals surface area contributed by atoms with E-state index in [0.717, 1.165) is 16.7 Å². The van der Waals surface area contributed by atoms with E-state index >= 15 is 0 Å². The number of halogens is 3. The minimum Gasteiger partial charge on any atom is -0.448 e. The molecule has 12 nitrogen and oxygen atoms in total. The van der Waals surface area contributed by atoms with Crippen LogP contribution in [0, 0.1) is 11.8 Å². The number of ether oxygens (including phenoxy) is 2. The molecule has 2 saturated heterocycles. The van der Waals surface area contributed by atoms with Gasteiger partial charge in [0.15, 0.2) is 29.3 Å². The second-order valence-corrected chi connectivity index (χ2v) is 13.4. The van der Waals surface area contributed by atoms with E-state index in [4.69, 9.17) is 19.4 Å². The summed E-state index contributed by atoms with van der Waals surface area (Å²) < 4.78 is 51.8. The summed E-state index contributed by atoms with van der Waals surface area (Å²) in [4.78, 5) is 28.2. The van der Waals surface area contributed by atoms with E-state index in [1.54, 1.807) is 0 Å². The summed E-state index contributed by atoms with van der Waals surface area (Å²) in [6, 6.07) is 29.8. The molecule has 0 saturated carbocycles. The summed E-state index contributed by atoms with van der Waals surface area (Å²) in [6.45, 7) is 0.502. The second kappa shape index (κ2) is 15.5. The number of hydrogen-bond donors (Lipinski definition) is 4. The standard InChI is InChI=1S/C38H39F3N6O6/c39-38(40,41)36(51)53-32-31(50)29(21-49)52-35(32)47-22-43-30-33(42-17-28(24-12-6-2-7-13-24)25-14-8-3-9-15-25)44-37(45-34(30)47)46-18-26(27(19-46)20-48)16-23-10-4-1-5-11-23/h1-15,22,26-29,31-32,35,48-50H,16-21H2,(H,42,44,45)/t26?,27?,29-,31-,32-,35-/m1/s1. The van der Waals surface area contributed by atoms with E-state index in [9.17, 15) is 33.3 Å². The Labute approximate surface area is 302 Å². The van der Waals surface area contributed by atoms with Gasteiger partial charge >= 0.3 is 12.1 Å². The van der Waals surface area contributed by atoms with Gasteiger partial charge in [0, 0.05) is 38.1 Å². The van der Waals surface area contributed by atoms with Gasteiger partial charge in [-0.1, -0.05) is 91.0 Å². The zero-order chi connectivity index (χ0) is 37.1. The molecular weight excluding hydrogens is 693 g/mol. The van der Waals surface area contributed by atoms with Crippen molar-refractivity contribution >= 4 is 28.9 Å². The van der Waals surface area contributed by atoms with Gasteiger partial charge < -0.3 is 35.0 Å². The van der Waals surface area contributed by atoms with Crippen LogP contribution in [0.15, 0.2) is 97.3 Å². The lowest BCUT2D eigenvalue weighted by molar-refractivity contribution is -0.211. The average Bonchev–Trinajstić information content (AvgIpc) is 3.87. The third kappa shape index (κ3) is 7.69. The Bertz CT molecular complexity index is 1950. The van der Waals surface area contributed by atoms with E-state index in [-0.39, 0.29) is 41.5 Å². The first-order chi connectivity index (χ1) is 25.6. The molecule has 2 fully saturated rings. The molecule has 5 aromatic rings. The number of aliphatic hydroxyl groups excluding tert-OH is 3. The zero-order valence-corrected chi connectivity index (χ0v) is 28.5. The minimum absolute atomic E-state index is 0.0578. The zero-order valence-electron chi connectivity index (χ0n) is 28.5. The first-order valence-electron chi connectivity index (χ1n) is 17.3. The lowest BCUT2D eigenvalue weighted by atomic mass is 9.90. The Kier molecular flexibility index (Phi) is 10.6. The van der Waals surface area contributed by atoms with Crippen LogP contribution < -0.4 is 10.2 Å². The number of imidazole rings is 1. The third-order valence-corrected chi connectivity index (χ3v) is 9.96. The van der Waals surface area contributed by atoms with Gasteiger partial charge in [-0.3, -0.25) is 4.57 Å². The molecule has 278 valence electrons. The number of alkyl halides is 3. The average molecular weight is 733 g/mol. The van der Waals surface area contributed by atoms with E-state index in [2.05, 4.69) is 10.3 Å². The summed E-state index contributed by atoms with van der Waals surface area (Å²) in [5, 5.41) is 34.5. The predicted molar refractivity (Wildman–Crippen MR) is 188 cm³/mol. The van der Waals surface area contributed by atoms with Crippen LogP contribution in [0.25, 0.3) is 11.2 Å². The van der Waals surface area contributed by atoms with Gasteiger partial charge in [-0.15, -0.1) is 0 Å². The van der Waals surface area contributed by atoms with Crippen molar-refractivity contribution in [2.75, 3.05) is 43.1 Å². The fourth-order valence-electron chi connectivity index (χ4n) is 7.22. The fourth-order valence-corrected chi connectivity index (χ4v) is 7.22. The van der Waals surface area contributed by atoms with Crippen molar-refractivity contribution in [2.24, 2.45) is 11.8 Å². The monoisotopic (exact) mass is 732 g/mol. The van der Waals surface area contributed by atoms with Gasteiger partial charge in [-0.25, -0.2) is 9.78 Å². The highest BCUT2D eigenvalue weighted by Crippen LogP contribution is 2.38. The SMILES string of the molecule is O=C(O[C@@H]1[C@H](O)[C@@H](CO)O[C@H]1n1cnc2c(NCC(c3ccccc3)c3ccccc3)nc(N3CC(CO)C(Cc4ccccc4)C3)nc21)C(F)(F)F. The Balaban J connectivity index is 1.28. The Morgan fingerprint density at radius 2 is 1.53 bits per heavy atom. The number of hydrogen-bond acceptors (Lipinski definition) is 11. The van der Waals surface area contributed by atoms with E-state index in [0.29, 0.717) is 31.9 Å². The van der Waals surface area contributed by atoms with Crippen LogP contribution in [0.2, 0.25) is 0 Å². The lowest BCUT2D eigenvalue weighted by Gasteiger charge is -2.23. The summed E-state index contributed by atoms with van der Waals surface area (Å²) in [6.07, 6.45) is -9.87. The van der Waals surface area contributed by atoms with Crippen LogP contribution in [0.5, 0.6) is 0 Å². The van der Waals surface area contributed by atoms with Crippen LogP contribution in [-0.2, 0) is 20.7 Å². The van der Waals surface area contributed by atoms with E-state index in [1.807, 2.05) is 95.9 Å². The van der Waals surface area contributed by atoms with Crippen LogP contribution in [0.1, 0.15) is 28.8 Å². The summed E-state index contributed by atoms with van der Waals surface area (Å²) in [5.41, 5.74) is 3.60. The number of carbonyl (C=O) groups excluding carboxylic acids is 1. The van der Waals surface area contributed by atoms with Crippen molar-refractivity contribution in [2.45, 2.75) is 43.1 Å². The van der Waals surface area contributed by atoms with Gasteiger partial charge in [-0.2, -0.15) is 23.1 Å². The molecule has 15 heteroatoms. The number of rotatable bonds is 12. The molecule has 0 radical (unpaired) electrons. The molecule has 2 aromatic heterocycles. The Hall–Kier alpha value is -5.09. The van der Waals surface area contributed by atoms with Crippen molar-refractivity contribution < 1.29 is 42.8 Å². The summed E-state index contributed by atoms with van der Waals surface area (Å²) in [7, 11) is 0. The van der Waals surface area contributed by atoms with E-state index in [1.165, 1.54) is 10.9 Å². The van der Waals surface area contributed by atoms with Crippen molar-refractivity contribution in [1.29, 1.82) is 0 Å². The minimum atomic E-state index is -5.34. The molecule has 3 aromatic carbocycles. The quantitative estimate of drug-likeness (QED) is 0.137. The number of esters is 1. The Morgan fingerprint density at radius 1 is 0.906 bits per heavy atom. The maximum atomic E-state index is 13.3. The predicted octanol–water partition coefficient (Wildman–Crippen LogP) is 4.08. The van der Waals surface area contributed by atoms with Crippen molar-refractivity contribution in [3.63, 3.8) is 0 Å². The highest BCUT2D eigenvalue weighted by Gasteiger charge is 2.51. The van der Waals surface area contributed by atoms with Crippen molar-refractivity contribution in [3.8, 4) is 0 Å². The topological polar surface area (TPSA) is 155 Å². The fraction of sp³-hybridized carbons (Fsp3) is 0.368. The molecule has 0 bridgehead atoms. The first kappa shape index (κ1) is 36.3. The number of benzene rings is 3. The molecule has 53 heavy (non-hydrogen) atoms. The van der Waals surface area contributed by atoms with Crippen LogP contribution >= 0.6 is 0 Å². The van der Waals surface area contributed by atoms with Gasteiger partial charge in [0.05, 0.1) is 12.9 Å². The van der Waals surface area contributed by atoms with Crippen molar-refractivity contribution in [1.82, 2.24) is 19.5 Å². The molecular formula is C38H39F3N6O6. The Morgan fingerprint density at radius 3 is 2.13 bits per heavy atom. The molecule has 2 aliphatic rings.